The van der Waals surface area contributed by atoms with E-state index in [2.05, 4.69) is 5.32 Å². The standard InChI is InChI=1S/C24H21ClN2O4S/c1-31-13-12-26-23(28)17-8-11-22-20(14-17)27(15-16-6-9-18(25)10-7-16)24(29)19-4-2-3-5-21(19)32(22)30/h2-11,14H,12-13,15H2,1H3,(H,26,28)/t32-/m0/s1. The molecule has 32 heavy (non-hydrogen) atoms. The van der Waals surface area contributed by atoms with Gasteiger partial charge >= 0.3 is 0 Å². The second kappa shape index (κ2) is 9.65. The topological polar surface area (TPSA) is 75.7 Å². The summed E-state index contributed by atoms with van der Waals surface area (Å²) in [4.78, 5) is 28.7. The van der Waals surface area contributed by atoms with Gasteiger partial charge in [0.25, 0.3) is 11.8 Å². The summed E-state index contributed by atoms with van der Waals surface area (Å²) in [5.74, 6) is -0.573. The zero-order valence-corrected chi connectivity index (χ0v) is 18.9. The second-order valence-electron chi connectivity index (χ2n) is 7.21. The molecule has 1 aliphatic heterocycles. The highest BCUT2D eigenvalue weighted by Crippen LogP contribution is 2.36. The number of carbonyl (C=O) groups is 2. The van der Waals surface area contributed by atoms with E-state index in [1.54, 1.807) is 66.6 Å². The second-order valence-corrected chi connectivity index (χ2v) is 9.07. The Morgan fingerprint density at radius 3 is 2.56 bits per heavy atom. The Balaban J connectivity index is 1.80. The highest BCUT2D eigenvalue weighted by atomic mass is 35.5. The Morgan fingerprint density at radius 2 is 1.81 bits per heavy atom. The number of benzene rings is 3. The lowest BCUT2D eigenvalue weighted by Gasteiger charge is -2.23. The van der Waals surface area contributed by atoms with E-state index in [-0.39, 0.29) is 18.4 Å². The van der Waals surface area contributed by atoms with Gasteiger partial charge in [0.1, 0.15) is 0 Å². The molecule has 3 aromatic carbocycles. The molecular formula is C24H21ClN2O4S. The molecule has 1 heterocycles. The van der Waals surface area contributed by atoms with E-state index in [1.165, 1.54) is 0 Å². The number of halogens is 1. The van der Waals surface area contributed by atoms with E-state index < -0.39 is 10.8 Å². The van der Waals surface area contributed by atoms with E-state index in [9.17, 15) is 13.8 Å². The minimum Gasteiger partial charge on any atom is -0.383 e. The molecule has 164 valence electrons. The van der Waals surface area contributed by atoms with E-state index in [4.69, 9.17) is 16.3 Å². The van der Waals surface area contributed by atoms with Gasteiger partial charge in [-0.1, -0.05) is 35.9 Å². The Labute approximate surface area is 193 Å². The van der Waals surface area contributed by atoms with Crippen LogP contribution in [0, 0.1) is 0 Å². The third-order valence-electron chi connectivity index (χ3n) is 5.12. The molecule has 2 amide bonds. The van der Waals surface area contributed by atoms with Gasteiger partial charge < -0.3 is 15.0 Å². The van der Waals surface area contributed by atoms with Crippen LogP contribution >= 0.6 is 11.6 Å². The van der Waals surface area contributed by atoms with Crippen molar-refractivity contribution in [3.8, 4) is 0 Å². The lowest BCUT2D eigenvalue weighted by Crippen LogP contribution is -2.31. The van der Waals surface area contributed by atoms with Gasteiger partial charge in [-0.15, -0.1) is 0 Å². The quantitative estimate of drug-likeness (QED) is 0.554. The van der Waals surface area contributed by atoms with Crippen molar-refractivity contribution in [3.63, 3.8) is 0 Å². The van der Waals surface area contributed by atoms with Crippen molar-refractivity contribution in [2.75, 3.05) is 25.2 Å². The Morgan fingerprint density at radius 1 is 1.06 bits per heavy atom. The van der Waals surface area contributed by atoms with Gasteiger partial charge in [0, 0.05) is 24.2 Å². The van der Waals surface area contributed by atoms with Crippen LogP contribution in [0.2, 0.25) is 5.02 Å². The summed E-state index contributed by atoms with van der Waals surface area (Å²) in [6.07, 6.45) is 0. The lowest BCUT2D eigenvalue weighted by atomic mass is 10.1. The maximum absolute atomic E-state index is 13.6. The van der Waals surface area contributed by atoms with Crippen LogP contribution in [0.3, 0.4) is 0 Å². The first-order valence-electron chi connectivity index (χ1n) is 9.98. The Kier molecular flexibility index (Phi) is 6.69. The molecule has 0 radical (unpaired) electrons. The summed E-state index contributed by atoms with van der Waals surface area (Å²) in [6, 6.07) is 19.0. The van der Waals surface area contributed by atoms with Crippen LogP contribution in [0.5, 0.6) is 0 Å². The summed E-state index contributed by atoms with van der Waals surface area (Å²) >= 11 is 6.01. The molecule has 1 N–H and O–H groups in total. The fourth-order valence-corrected chi connectivity index (χ4v) is 4.97. The molecule has 0 spiro atoms. The maximum atomic E-state index is 13.6. The number of fused-ring (bicyclic) bond motifs is 2. The first-order valence-corrected chi connectivity index (χ1v) is 11.5. The summed E-state index contributed by atoms with van der Waals surface area (Å²) in [5.41, 5.74) is 2.05. The zero-order valence-electron chi connectivity index (χ0n) is 17.3. The fourth-order valence-electron chi connectivity index (χ4n) is 3.50. The number of nitrogens with one attached hydrogen (secondary N) is 1. The molecule has 0 aliphatic carbocycles. The predicted octanol–water partition coefficient (Wildman–Crippen LogP) is 4.04. The molecule has 0 saturated heterocycles. The van der Waals surface area contributed by atoms with Crippen molar-refractivity contribution in [2.24, 2.45) is 0 Å². The summed E-state index contributed by atoms with van der Waals surface area (Å²) in [7, 11) is -0.0168. The van der Waals surface area contributed by atoms with E-state index in [0.29, 0.717) is 44.8 Å². The molecule has 6 nitrogen and oxygen atoms in total. The maximum Gasteiger partial charge on any atom is 0.259 e. The van der Waals surface area contributed by atoms with Crippen LogP contribution in [0.1, 0.15) is 26.3 Å². The number of ether oxygens (including phenoxy) is 1. The van der Waals surface area contributed by atoms with Crippen molar-refractivity contribution in [3.05, 3.63) is 88.4 Å². The number of anilines is 1. The summed E-state index contributed by atoms with van der Waals surface area (Å²) in [5, 5.41) is 3.37. The van der Waals surface area contributed by atoms with Crippen LogP contribution in [0.15, 0.2) is 76.5 Å². The monoisotopic (exact) mass is 468 g/mol. The average molecular weight is 469 g/mol. The van der Waals surface area contributed by atoms with Crippen molar-refractivity contribution in [2.45, 2.75) is 16.3 Å². The number of hydrogen-bond donors (Lipinski definition) is 1. The van der Waals surface area contributed by atoms with E-state index in [0.717, 1.165) is 5.56 Å². The van der Waals surface area contributed by atoms with Crippen molar-refractivity contribution in [1.29, 1.82) is 0 Å². The van der Waals surface area contributed by atoms with E-state index in [1.807, 2.05) is 12.1 Å². The molecule has 0 bridgehead atoms. The van der Waals surface area contributed by atoms with E-state index >= 15 is 0 Å². The number of amides is 2. The first-order chi connectivity index (χ1) is 15.5. The number of hydrogen-bond acceptors (Lipinski definition) is 4. The van der Waals surface area contributed by atoms with Gasteiger partial charge in [-0.25, -0.2) is 4.21 Å². The molecular weight excluding hydrogens is 448 g/mol. The normalized spacial score (nSPS) is 15.0. The SMILES string of the molecule is COCCNC(=O)c1ccc2c(c1)N(Cc1ccc(Cl)cc1)C(=O)c1ccccc1[S@@]2=O. The van der Waals surface area contributed by atoms with Crippen molar-refractivity contribution < 1.29 is 18.5 Å². The van der Waals surface area contributed by atoms with Gasteiger partial charge in [-0.05, 0) is 48.0 Å². The van der Waals surface area contributed by atoms with Gasteiger partial charge in [0.05, 0.1) is 45.0 Å². The molecule has 1 atom stereocenters. The van der Waals surface area contributed by atoms with Gasteiger partial charge in [-0.2, -0.15) is 0 Å². The Bertz CT molecular complexity index is 1200. The smallest absolute Gasteiger partial charge is 0.259 e. The van der Waals surface area contributed by atoms with Crippen molar-refractivity contribution >= 4 is 39.9 Å². The first kappa shape index (κ1) is 22.2. The molecule has 1 aliphatic rings. The lowest BCUT2D eigenvalue weighted by molar-refractivity contribution is 0.0934. The average Bonchev–Trinajstić information content (AvgIpc) is 2.90. The Hall–Kier alpha value is -3.00. The highest BCUT2D eigenvalue weighted by molar-refractivity contribution is 7.85. The molecule has 4 rings (SSSR count). The molecule has 0 unspecified atom stereocenters. The van der Waals surface area contributed by atoms with Crippen LogP contribution < -0.4 is 10.2 Å². The molecule has 3 aromatic rings. The van der Waals surface area contributed by atoms with Gasteiger partial charge in [-0.3, -0.25) is 9.59 Å². The number of rotatable bonds is 6. The third kappa shape index (κ3) is 4.46. The molecule has 8 heteroatoms. The van der Waals surface area contributed by atoms with Gasteiger partial charge in [0.15, 0.2) is 0 Å². The number of nitrogens with zero attached hydrogens (tertiary/aromatic N) is 1. The van der Waals surface area contributed by atoms with Crippen LogP contribution in [-0.2, 0) is 22.1 Å². The summed E-state index contributed by atoms with van der Waals surface area (Å²) < 4.78 is 18.4. The number of carbonyl (C=O) groups excluding carboxylic acids is 2. The third-order valence-corrected chi connectivity index (χ3v) is 6.87. The van der Waals surface area contributed by atoms with Gasteiger partial charge in [0.2, 0.25) is 0 Å². The summed E-state index contributed by atoms with van der Waals surface area (Å²) in [6.45, 7) is 0.984. The van der Waals surface area contributed by atoms with Crippen molar-refractivity contribution in [1.82, 2.24) is 5.32 Å². The largest absolute Gasteiger partial charge is 0.383 e. The van der Waals surface area contributed by atoms with Crippen LogP contribution in [-0.4, -0.2) is 36.3 Å². The van der Waals surface area contributed by atoms with Crippen LogP contribution in [0.25, 0.3) is 0 Å². The van der Waals surface area contributed by atoms with Crippen LogP contribution in [0.4, 0.5) is 5.69 Å². The predicted molar refractivity (Wildman–Crippen MR) is 124 cm³/mol. The molecule has 0 aromatic heterocycles. The number of methoxy groups -OCH3 is 1. The zero-order chi connectivity index (χ0) is 22.7. The highest BCUT2D eigenvalue weighted by Gasteiger charge is 2.31. The fraction of sp³-hybridized carbons (Fsp3) is 0.167. The molecule has 0 fully saturated rings. The minimum absolute atomic E-state index is 0.239. The molecule has 0 saturated carbocycles. The minimum atomic E-state index is -1.57.